The van der Waals surface area contributed by atoms with Crippen molar-refractivity contribution >= 4 is 17.6 Å². The monoisotopic (exact) mass is 359 g/mol. The highest BCUT2D eigenvalue weighted by molar-refractivity contribution is 5.78. The Morgan fingerprint density at radius 1 is 1.20 bits per heavy atom. The molecule has 138 valence electrons. The number of rotatable bonds is 4. The number of halogens is 3. The number of ether oxygens (including phenoxy) is 1. The molecule has 2 rings (SSSR count). The number of carbonyl (C=O) groups is 1. The number of nitrogens with zero attached hydrogens (tertiary/aromatic N) is 4. The van der Waals surface area contributed by atoms with Crippen LogP contribution in [0.5, 0.6) is 0 Å². The molecule has 0 bridgehead atoms. The van der Waals surface area contributed by atoms with Crippen LogP contribution in [0.3, 0.4) is 0 Å². The van der Waals surface area contributed by atoms with Gasteiger partial charge in [-0.25, -0.2) is 4.98 Å². The van der Waals surface area contributed by atoms with E-state index >= 15 is 0 Å². The summed E-state index contributed by atoms with van der Waals surface area (Å²) in [5.74, 6) is -1.67. The molecule has 0 aliphatic carbocycles. The van der Waals surface area contributed by atoms with E-state index < -0.39 is 28.9 Å². The standard InChI is InChI=1S/C15H20F3N5O2/c1-8-7-9(21-14(4,5)13(2,3)11(24)25-6)23-12(19-8)20-10(22-23)15(16,17)18/h7,21H,1-6H3. The van der Waals surface area contributed by atoms with Crippen molar-refractivity contribution in [3.63, 3.8) is 0 Å². The van der Waals surface area contributed by atoms with Crippen LogP contribution >= 0.6 is 0 Å². The lowest BCUT2D eigenvalue weighted by molar-refractivity contribution is -0.153. The molecule has 2 aromatic rings. The molecule has 0 saturated carbocycles. The molecule has 2 aromatic heterocycles. The second-order valence-electron chi connectivity index (χ2n) is 6.79. The van der Waals surface area contributed by atoms with Gasteiger partial charge in [0.05, 0.1) is 12.5 Å². The second kappa shape index (κ2) is 5.85. The Kier molecular flexibility index (Phi) is 4.43. The van der Waals surface area contributed by atoms with Crippen LogP contribution in [-0.4, -0.2) is 38.2 Å². The summed E-state index contributed by atoms with van der Waals surface area (Å²) in [7, 11) is 1.28. The summed E-state index contributed by atoms with van der Waals surface area (Å²) in [6.45, 7) is 8.48. The van der Waals surface area contributed by atoms with Gasteiger partial charge in [-0.3, -0.25) is 4.79 Å². The number of carbonyl (C=O) groups excluding carboxylic acids is 1. The number of esters is 1. The van der Waals surface area contributed by atoms with E-state index in [2.05, 4.69) is 20.4 Å². The molecule has 0 atom stereocenters. The fourth-order valence-electron chi connectivity index (χ4n) is 2.18. The molecular weight excluding hydrogens is 339 g/mol. The van der Waals surface area contributed by atoms with Gasteiger partial charge in [0, 0.05) is 17.3 Å². The Morgan fingerprint density at radius 3 is 2.32 bits per heavy atom. The third kappa shape index (κ3) is 3.38. The van der Waals surface area contributed by atoms with Crippen molar-refractivity contribution in [1.82, 2.24) is 19.6 Å². The first-order valence-corrected chi connectivity index (χ1v) is 7.48. The minimum absolute atomic E-state index is 0.179. The highest BCUT2D eigenvalue weighted by Gasteiger charge is 2.45. The van der Waals surface area contributed by atoms with Crippen molar-refractivity contribution in [3.05, 3.63) is 17.6 Å². The van der Waals surface area contributed by atoms with Gasteiger partial charge in [0.2, 0.25) is 0 Å². The number of alkyl halides is 3. The van der Waals surface area contributed by atoms with Gasteiger partial charge in [0.25, 0.3) is 11.6 Å². The summed E-state index contributed by atoms with van der Waals surface area (Å²) < 4.78 is 44.5. The molecule has 0 radical (unpaired) electrons. The average Bonchev–Trinajstić information content (AvgIpc) is 2.89. The normalized spacial score (nSPS) is 13.2. The van der Waals surface area contributed by atoms with Crippen LogP contribution in [0.1, 0.15) is 39.2 Å². The van der Waals surface area contributed by atoms with Gasteiger partial charge >= 0.3 is 12.1 Å². The lowest BCUT2D eigenvalue weighted by Gasteiger charge is -2.40. The molecule has 0 amide bonds. The average molecular weight is 359 g/mol. The Labute approximate surface area is 142 Å². The Bertz CT molecular complexity index is 811. The first-order valence-electron chi connectivity index (χ1n) is 7.48. The van der Waals surface area contributed by atoms with Gasteiger partial charge in [-0.05, 0) is 34.6 Å². The van der Waals surface area contributed by atoms with Crippen LogP contribution in [0.15, 0.2) is 6.07 Å². The van der Waals surface area contributed by atoms with E-state index in [1.54, 1.807) is 34.6 Å². The maximum Gasteiger partial charge on any atom is 0.453 e. The minimum Gasteiger partial charge on any atom is -0.469 e. The maximum absolute atomic E-state index is 12.9. The number of hydrogen-bond acceptors (Lipinski definition) is 6. The smallest absolute Gasteiger partial charge is 0.453 e. The third-order valence-corrected chi connectivity index (χ3v) is 4.39. The van der Waals surface area contributed by atoms with Gasteiger partial charge in [-0.15, -0.1) is 5.10 Å². The van der Waals surface area contributed by atoms with E-state index in [4.69, 9.17) is 4.74 Å². The van der Waals surface area contributed by atoms with E-state index in [1.807, 2.05) is 0 Å². The molecule has 0 unspecified atom stereocenters. The molecule has 0 fully saturated rings. The molecule has 0 saturated heterocycles. The van der Waals surface area contributed by atoms with Crippen LogP contribution < -0.4 is 5.32 Å². The number of aryl methyl sites for hydroxylation is 1. The molecule has 7 nitrogen and oxygen atoms in total. The lowest BCUT2D eigenvalue weighted by atomic mass is 9.74. The molecule has 1 N–H and O–H groups in total. The number of anilines is 1. The summed E-state index contributed by atoms with van der Waals surface area (Å²) >= 11 is 0. The number of hydrogen-bond donors (Lipinski definition) is 1. The summed E-state index contributed by atoms with van der Waals surface area (Å²) in [5, 5.41) is 6.57. The van der Waals surface area contributed by atoms with Crippen molar-refractivity contribution in [1.29, 1.82) is 0 Å². The van der Waals surface area contributed by atoms with Gasteiger partial charge < -0.3 is 10.1 Å². The van der Waals surface area contributed by atoms with E-state index in [0.717, 1.165) is 4.52 Å². The van der Waals surface area contributed by atoms with E-state index in [0.29, 0.717) is 5.69 Å². The molecule has 0 aliphatic rings. The van der Waals surface area contributed by atoms with Crippen LogP contribution in [0.2, 0.25) is 0 Å². The molecule has 25 heavy (non-hydrogen) atoms. The predicted octanol–water partition coefficient (Wildman–Crippen LogP) is 2.84. The number of fused-ring (bicyclic) bond motifs is 1. The van der Waals surface area contributed by atoms with Crippen LogP contribution in [0, 0.1) is 12.3 Å². The zero-order valence-electron chi connectivity index (χ0n) is 14.8. The molecular formula is C15H20F3N5O2. The molecule has 10 heteroatoms. The van der Waals surface area contributed by atoms with Crippen molar-refractivity contribution in [2.45, 2.75) is 46.3 Å². The Morgan fingerprint density at radius 2 is 1.80 bits per heavy atom. The first kappa shape index (κ1) is 18.9. The van der Waals surface area contributed by atoms with Gasteiger partial charge in [0.15, 0.2) is 0 Å². The van der Waals surface area contributed by atoms with Crippen molar-refractivity contribution < 1.29 is 22.7 Å². The fourth-order valence-corrected chi connectivity index (χ4v) is 2.18. The van der Waals surface area contributed by atoms with Gasteiger partial charge in [0.1, 0.15) is 5.82 Å². The highest BCUT2D eigenvalue weighted by atomic mass is 19.4. The van der Waals surface area contributed by atoms with Gasteiger partial charge in [-0.1, -0.05) is 0 Å². The second-order valence-corrected chi connectivity index (χ2v) is 6.79. The molecule has 0 aromatic carbocycles. The molecule has 2 heterocycles. The van der Waals surface area contributed by atoms with E-state index in [9.17, 15) is 18.0 Å². The maximum atomic E-state index is 12.9. The van der Waals surface area contributed by atoms with Crippen LogP contribution in [-0.2, 0) is 15.7 Å². The van der Waals surface area contributed by atoms with Crippen molar-refractivity contribution in [2.75, 3.05) is 12.4 Å². The SMILES string of the molecule is COC(=O)C(C)(C)C(C)(C)Nc1cc(C)nc2nc(C(F)(F)F)nn12. The number of aromatic nitrogens is 4. The summed E-state index contributed by atoms with van der Waals surface area (Å²) in [5.41, 5.74) is -1.38. The third-order valence-electron chi connectivity index (χ3n) is 4.39. The van der Waals surface area contributed by atoms with Crippen molar-refractivity contribution in [3.8, 4) is 0 Å². The molecule has 0 spiro atoms. The minimum atomic E-state index is -4.68. The lowest BCUT2D eigenvalue weighted by Crippen LogP contribution is -2.51. The zero-order valence-corrected chi connectivity index (χ0v) is 14.8. The Hall–Kier alpha value is -2.39. The van der Waals surface area contributed by atoms with E-state index in [-0.39, 0.29) is 11.6 Å². The van der Waals surface area contributed by atoms with E-state index in [1.165, 1.54) is 13.2 Å². The fraction of sp³-hybridized carbons (Fsp3) is 0.600. The topological polar surface area (TPSA) is 81.4 Å². The van der Waals surface area contributed by atoms with Crippen LogP contribution in [0.25, 0.3) is 5.78 Å². The number of nitrogens with one attached hydrogen (secondary N) is 1. The summed E-state index contributed by atoms with van der Waals surface area (Å²) in [4.78, 5) is 19.5. The zero-order chi connectivity index (χ0) is 19.2. The summed E-state index contributed by atoms with van der Waals surface area (Å²) in [6, 6.07) is 1.54. The largest absolute Gasteiger partial charge is 0.469 e. The van der Waals surface area contributed by atoms with Crippen LogP contribution in [0.4, 0.5) is 19.0 Å². The van der Waals surface area contributed by atoms with Gasteiger partial charge in [-0.2, -0.15) is 22.7 Å². The van der Waals surface area contributed by atoms with Crippen molar-refractivity contribution in [2.24, 2.45) is 5.41 Å². The molecule has 0 aliphatic heterocycles. The first-order chi connectivity index (χ1) is 11.3. The quantitative estimate of drug-likeness (QED) is 0.846. The Balaban J connectivity index is 2.54. The number of methoxy groups -OCH3 is 1. The predicted molar refractivity (Wildman–Crippen MR) is 84.0 cm³/mol. The summed E-state index contributed by atoms with van der Waals surface area (Å²) in [6.07, 6.45) is -4.68. The highest BCUT2D eigenvalue weighted by Crippen LogP contribution is 2.35.